The van der Waals surface area contributed by atoms with Crippen molar-refractivity contribution >= 4 is 30.5 Å². The van der Waals surface area contributed by atoms with E-state index in [0.717, 1.165) is 28.3 Å². The number of carbonyl (C=O) groups excluding carboxylic acids is 1. The Kier molecular flexibility index (Phi) is 10.2. The number of fused-ring (bicyclic) bond motifs is 2. The number of carbonyl (C=O) groups is 1. The summed E-state index contributed by atoms with van der Waals surface area (Å²) in [6.07, 6.45) is 3.81. The van der Waals surface area contributed by atoms with Crippen molar-refractivity contribution in [3.05, 3.63) is 155 Å². The smallest absolute Gasteiger partial charge is 0.297 e. The maximum Gasteiger partial charge on any atom is 0.297 e. The molecule has 4 aromatic carbocycles. The summed E-state index contributed by atoms with van der Waals surface area (Å²) in [7, 11) is 0.688. The van der Waals surface area contributed by atoms with Gasteiger partial charge in [-0.1, -0.05) is 91.1 Å². The quantitative estimate of drug-likeness (QED) is 0.139. The number of methoxy groups -OCH3 is 2. The molecule has 6 aromatic rings. The van der Waals surface area contributed by atoms with Crippen molar-refractivity contribution in [2.45, 2.75) is 56.1 Å². The fourth-order valence-corrected chi connectivity index (χ4v) is 13.3. The fourth-order valence-electron chi connectivity index (χ4n) is 9.21. The number of aliphatic hydroxyl groups is 1. The second-order valence-electron chi connectivity index (χ2n) is 15.4. The number of benzene rings is 4. The second kappa shape index (κ2) is 15.3. The first-order chi connectivity index (χ1) is 27.6. The molecule has 5 atom stereocenters. The lowest BCUT2D eigenvalue weighted by molar-refractivity contribution is -0.145. The molecule has 1 fully saturated rings. The molecule has 292 valence electrons. The predicted molar refractivity (Wildman–Crippen MR) is 222 cm³/mol. The average molecular weight is 782 g/mol. The van der Waals surface area contributed by atoms with E-state index in [4.69, 9.17) is 14.2 Å². The highest BCUT2D eigenvalue weighted by Crippen LogP contribution is 2.61. The number of rotatable bonds is 12. The molecule has 11 nitrogen and oxygen atoms in total. The molecule has 1 spiro atoms. The Hall–Kier alpha value is -5.82. The molecule has 12 heteroatoms. The van der Waals surface area contributed by atoms with Crippen molar-refractivity contribution in [1.29, 1.82) is 0 Å². The highest BCUT2D eigenvalue weighted by Gasteiger charge is 2.66. The lowest BCUT2D eigenvalue weighted by Gasteiger charge is -2.37. The summed E-state index contributed by atoms with van der Waals surface area (Å²) < 4.78 is 21.7. The highest BCUT2D eigenvalue weighted by atomic mass is 28.3. The van der Waals surface area contributed by atoms with Gasteiger partial charge in [-0.2, -0.15) is 0 Å². The minimum Gasteiger partial charge on any atom is -0.497 e. The van der Waals surface area contributed by atoms with Gasteiger partial charge in [0.15, 0.2) is 11.4 Å². The Morgan fingerprint density at radius 2 is 1.60 bits per heavy atom. The normalized spacial score (nSPS) is 20.8. The average Bonchev–Trinajstić information content (AvgIpc) is 3.90. The Labute approximate surface area is 333 Å². The van der Waals surface area contributed by atoms with Crippen LogP contribution in [0.4, 0.5) is 11.4 Å². The van der Waals surface area contributed by atoms with Crippen molar-refractivity contribution in [1.82, 2.24) is 19.6 Å². The maximum atomic E-state index is 15.4. The third-order valence-electron chi connectivity index (χ3n) is 12.1. The standard InChI is InChI=1S/C45H47N5O6Si/c1-30-42(57(4,5)35-21-19-34(54-2)20-22-35)40(24-26-48-28-38(46-47-48)36(29-51)31-13-8-6-9-14-31)56-45(30)37-27-33(49-25-12-17-41(55-3)43(49)52)18-23-39(37)50(44(45)53)32-15-10-7-11-16-32/h6-23,25,27-28,30,36,40,42,51H,24,26,29H2,1-5H3/t30-,36?,40+,42-,45+/m1/s1. The lowest BCUT2D eigenvalue weighted by atomic mass is 9.82. The van der Waals surface area contributed by atoms with E-state index >= 15 is 4.79 Å². The van der Waals surface area contributed by atoms with Gasteiger partial charge in [0.05, 0.1) is 52.3 Å². The summed E-state index contributed by atoms with van der Waals surface area (Å²) in [5, 5.41) is 20.5. The summed E-state index contributed by atoms with van der Waals surface area (Å²) in [6.45, 7) is 7.25. The maximum absolute atomic E-state index is 15.4. The minimum atomic E-state index is -2.45. The van der Waals surface area contributed by atoms with Crippen LogP contribution >= 0.6 is 0 Å². The molecule has 0 radical (unpaired) electrons. The number of aliphatic hydroxyl groups excluding tert-OH is 1. The van der Waals surface area contributed by atoms with Crippen molar-refractivity contribution in [2.75, 3.05) is 25.7 Å². The van der Waals surface area contributed by atoms with Gasteiger partial charge < -0.3 is 19.3 Å². The molecule has 8 rings (SSSR count). The Balaban J connectivity index is 1.23. The second-order valence-corrected chi connectivity index (χ2v) is 20.1. The van der Waals surface area contributed by atoms with Gasteiger partial charge >= 0.3 is 0 Å². The van der Waals surface area contributed by atoms with Gasteiger partial charge in [0, 0.05) is 41.8 Å². The Morgan fingerprint density at radius 1 is 0.877 bits per heavy atom. The van der Waals surface area contributed by atoms with E-state index < -0.39 is 13.7 Å². The molecule has 4 heterocycles. The lowest BCUT2D eigenvalue weighted by Crippen LogP contribution is -2.51. The van der Waals surface area contributed by atoms with E-state index in [-0.39, 0.29) is 47.3 Å². The number of hydrogen-bond acceptors (Lipinski definition) is 8. The first kappa shape index (κ1) is 38.1. The zero-order valence-corrected chi connectivity index (χ0v) is 33.8. The van der Waals surface area contributed by atoms with E-state index in [2.05, 4.69) is 42.5 Å². The van der Waals surface area contributed by atoms with Gasteiger partial charge in [0.2, 0.25) is 0 Å². The number of nitrogens with zero attached hydrogens (tertiary/aromatic N) is 5. The largest absolute Gasteiger partial charge is 0.497 e. The first-order valence-electron chi connectivity index (χ1n) is 19.3. The van der Waals surface area contributed by atoms with Crippen LogP contribution in [0.2, 0.25) is 18.6 Å². The summed E-state index contributed by atoms with van der Waals surface area (Å²) in [6, 6.07) is 36.9. The SMILES string of the molecule is COc1ccc([Si](C)(C)[C@H]2[C@H](CCn3cc(C(CO)c4ccccc4)nn3)O[C@@]3(C(=O)N(c4ccccc4)c4ccc(-n5cccc(OC)c5=O)cc43)[C@@H]2C)cc1. The van der Waals surface area contributed by atoms with Crippen LogP contribution in [-0.2, 0) is 21.7 Å². The monoisotopic (exact) mass is 781 g/mol. The number of para-hydroxylation sites is 1. The third kappa shape index (κ3) is 6.47. The van der Waals surface area contributed by atoms with E-state index in [1.54, 1.807) is 34.9 Å². The number of pyridine rings is 1. The molecule has 0 bridgehead atoms. The summed E-state index contributed by atoms with van der Waals surface area (Å²) in [4.78, 5) is 30.7. The molecule has 0 aliphatic carbocycles. The van der Waals surface area contributed by atoms with Gasteiger partial charge in [-0.15, -0.1) is 5.10 Å². The molecule has 1 N–H and O–H groups in total. The zero-order chi connectivity index (χ0) is 39.9. The predicted octanol–water partition coefficient (Wildman–Crippen LogP) is 6.56. The number of ether oxygens (including phenoxy) is 3. The summed E-state index contributed by atoms with van der Waals surface area (Å²) in [5.41, 5.74) is 2.74. The molecule has 1 amide bonds. The molecular weight excluding hydrogens is 735 g/mol. The van der Waals surface area contributed by atoms with E-state index in [1.807, 2.05) is 102 Å². The minimum absolute atomic E-state index is 0.0286. The topological polar surface area (TPSA) is 121 Å². The molecule has 1 unspecified atom stereocenters. The summed E-state index contributed by atoms with van der Waals surface area (Å²) in [5.74, 6) is 0.271. The van der Waals surface area contributed by atoms with Crippen LogP contribution in [-0.4, -0.2) is 65.6 Å². The number of aryl methyl sites for hydroxylation is 1. The van der Waals surface area contributed by atoms with E-state index in [0.29, 0.717) is 24.3 Å². The van der Waals surface area contributed by atoms with E-state index in [1.165, 1.54) is 12.3 Å². The number of hydrogen-bond donors (Lipinski definition) is 1. The van der Waals surface area contributed by atoms with Crippen LogP contribution < -0.4 is 25.1 Å². The van der Waals surface area contributed by atoms with Gasteiger partial charge in [-0.3, -0.25) is 23.7 Å². The van der Waals surface area contributed by atoms with Crippen LogP contribution in [0.5, 0.6) is 11.5 Å². The molecule has 2 aliphatic heterocycles. The van der Waals surface area contributed by atoms with E-state index in [9.17, 15) is 9.90 Å². The van der Waals surface area contributed by atoms with Gasteiger partial charge in [0.1, 0.15) is 5.75 Å². The highest BCUT2D eigenvalue weighted by molar-refractivity contribution is 6.91. The van der Waals surface area contributed by atoms with Crippen LogP contribution in [0, 0.1) is 5.92 Å². The number of aromatic nitrogens is 4. The van der Waals surface area contributed by atoms with Crippen LogP contribution in [0.25, 0.3) is 5.69 Å². The number of amides is 1. The fraction of sp³-hybridized carbons (Fsp3) is 0.289. The van der Waals surface area contributed by atoms with Crippen LogP contribution in [0.15, 0.2) is 132 Å². The molecule has 2 aliphatic rings. The van der Waals surface area contributed by atoms with Crippen molar-refractivity contribution in [2.24, 2.45) is 5.92 Å². The van der Waals surface area contributed by atoms with Gasteiger partial charge in [-0.05, 0) is 72.1 Å². The van der Waals surface area contributed by atoms with Crippen molar-refractivity contribution in [3.8, 4) is 17.2 Å². The van der Waals surface area contributed by atoms with Gasteiger partial charge in [0.25, 0.3) is 11.5 Å². The molecule has 0 saturated carbocycles. The molecule has 57 heavy (non-hydrogen) atoms. The molecular formula is C45H47N5O6Si. The molecule has 2 aromatic heterocycles. The van der Waals surface area contributed by atoms with Gasteiger partial charge in [-0.25, -0.2) is 0 Å². The Morgan fingerprint density at radius 3 is 2.28 bits per heavy atom. The zero-order valence-electron chi connectivity index (χ0n) is 32.8. The van der Waals surface area contributed by atoms with Crippen molar-refractivity contribution in [3.63, 3.8) is 0 Å². The Bertz CT molecular complexity index is 2440. The van der Waals surface area contributed by atoms with Crippen molar-refractivity contribution < 1.29 is 24.1 Å². The van der Waals surface area contributed by atoms with Crippen LogP contribution in [0.3, 0.4) is 0 Å². The number of anilines is 2. The van der Waals surface area contributed by atoms with Crippen LogP contribution in [0.1, 0.15) is 36.1 Å². The third-order valence-corrected chi connectivity index (χ3v) is 16.5. The first-order valence-corrected chi connectivity index (χ1v) is 22.4. The summed E-state index contributed by atoms with van der Waals surface area (Å²) >= 11 is 0. The molecule has 1 saturated heterocycles.